The first-order valence-electron chi connectivity index (χ1n) is 4.56. The lowest BCUT2D eigenvalue weighted by atomic mass is 10.0. The van der Waals surface area contributed by atoms with Crippen LogP contribution in [0.3, 0.4) is 0 Å². The smallest absolute Gasteiger partial charge is 0.417 e. The Hall–Kier alpha value is -1.85. The molecular formula is C11H9F3O3. The van der Waals surface area contributed by atoms with E-state index in [0.29, 0.717) is 6.07 Å². The summed E-state index contributed by atoms with van der Waals surface area (Å²) in [5.74, 6) is -0.672. The minimum Gasteiger partial charge on any atom is -0.496 e. The number of Topliss-reactive ketones (excluding diaryl/α,β-unsaturated/α-hetero) is 1. The highest BCUT2D eigenvalue weighted by molar-refractivity contribution is 5.98. The molecule has 0 fully saturated rings. The molecular weight excluding hydrogens is 237 g/mol. The van der Waals surface area contributed by atoms with Crippen molar-refractivity contribution >= 4 is 12.1 Å². The maximum Gasteiger partial charge on any atom is 0.417 e. The predicted molar refractivity (Wildman–Crippen MR) is 53.4 cm³/mol. The highest BCUT2D eigenvalue weighted by Crippen LogP contribution is 2.35. The van der Waals surface area contributed by atoms with Crippen molar-refractivity contribution in [2.45, 2.75) is 13.1 Å². The van der Waals surface area contributed by atoms with E-state index in [1.54, 1.807) is 0 Å². The third-order valence-electron chi connectivity index (χ3n) is 2.18. The van der Waals surface area contributed by atoms with E-state index in [4.69, 9.17) is 4.74 Å². The largest absolute Gasteiger partial charge is 0.496 e. The molecule has 1 aromatic rings. The standard InChI is InChI=1S/C11H9F3O3/c1-6(16)8-3-7(5-15)9(11(12,13)14)4-10(8)17-2/h3-5H,1-2H3. The summed E-state index contributed by atoms with van der Waals surface area (Å²) in [6.07, 6.45) is -4.60. The Balaban J connectivity index is 3.54. The van der Waals surface area contributed by atoms with Crippen LogP contribution in [0.1, 0.15) is 33.2 Å². The van der Waals surface area contributed by atoms with E-state index < -0.39 is 23.1 Å². The van der Waals surface area contributed by atoms with Gasteiger partial charge in [0.05, 0.1) is 18.2 Å². The van der Waals surface area contributed by atoms with Gasteiger partial charge in [-0.3, -0.25) is 9.59 Å². The van der Waals surface area contributed by atoms with Crippen molar-refractivity contribution in [1.82, 2.24) is 0 Å². The molecule has 0 saturated carbocycles. The van der Waals surface area contributed by atoms with Crippen molar-refractivity contribution in [2.24, 2.45) is 0 Å². The SMILES string of the molecule is COc1cc(C(F)(F)F)c(C=O)cc1C(C)=O. The fraction of sp³-hybridized carbons (Fsp3) is 0.273. The topological polar surface area (TPSA) is 43.4 Å². The second-order valence-corrected chi connectivity index (χ2v) is 3.31. The van der Waals surface area contributed by atoms with Crippen LogP contribution in [0.5, 0.6) is 5.75 Å². The zero-order valence-electron chi connectivity index (χ0n) is 9.09. The number of aldehydes is 1. The van der Waals surface area contributed by atoms with Gasteiger partial charge in [-0.2, -0.15) is 13.2 Å². The molecule has 0 bridgehead atoms. The average molecular weight is 246 g/mol. The van der Waals surface area contributed by atoms with Gasteiger partial charge < -0.3 is 4.74 Å². The van der Waals surface area contributed by atoms with Gasteiger partial charge in [-0.1, -0.05) is 0 Å². The van der Waals surface area contributed by atoms with Gasteiger partial charge in [-0.15, -0.1) is 0 Å². The number of ketones is 1. The van der Waals surface area contributed by atoms with Gasteiger partial charge in [0.2, 0.25) is 0 Å². The lowest BCUT2D eigenvalue weighted by Crippen LogP contribution is -2.11. The van der Waals surface area contributed by atoms with Crippen LogP contribution in [0.25, 0.3) is 0 Å². The number of benzene rings is 1. The molecule has 17 heavy (non-hydrogen) atoms. The number of carbonyl (C=O) groups is 2. The quantitative estimate of drug-likeness (QED) is 0.608. The number of alkyl halides is 3. The van der Waals surface area contributed by atoms with Crippen molar-refractivity contribution in [1.29, 1.82) is 0 Å². The number of methoxy groups -OCH3 is 1. The van der Waals surface area contributed by atoms with Crippen LogP contribution in [-0.4, -0.2) is 19.2 Å². The molecule has 0 heterocycles. The summed E-state index contributed by atoms with van der Waals surface area (Å²) in [4.78, 5) is 21.8. The van der Waals surface area contributed by atoms with Crippen molar-refractivity contribution in [3.05, 3.63) is 28.8 Å². The molecule has 0 saturated heterocycles. The van der Waals surface area contributed by atoms with E-state index >= 15 is 0 Å². The Bertz CT molecular complexity index is 464. The van der Waals surface area contributed by atoms with Gasteiger partial charge in [0.25, 0.3) is 0 Å². The normalized spacial score (nSPS) is 11.1. The second kappa shape index (κ2) is 4.57. The first-order valence-corrected chi connectivity index (χ1v) is 4.56. The maximum atomic E-state index is 12.6. The van der Waals surface area contributed by atoms with Gasteiger partial charge in [0, 0.05) is 5.56 Å². The molecule has 0 aromatic heterocycles. The third-order valence-corrected chi connectivity index (χ3v) is 2.18. The van der Waals surface area contributed by atoms with Crippen molar-refractivity contribution in [3.63, 3.8) is 0 Å². The van der Waals surface area contributed by atoms with Crippen LogP contribution >= 0.6 is 0 Å². The average Bonchev–Trinajstić information content (AvgIpc) is 2.25. The van der Waals surface area contributed by atoms with Crippen LogP contribution in [-0.2, 0) is 6.18 Å². The molecule has 0 unspecified atom stereocenters. The van der Waals surface area contributed by atoms with Crippen molar-refractivity contribution in [3.8, 4) is 5.75 Å². The van der Waals surface area contributed by atoms with Gasteiger partial charge in [0.15, 0.2) is 12.1 Å². The van der Waals surface area contributed by atoms with Crippen LogP contribution in [0.2, 0.25) is 0 Å². The zero-order chi connectivity index (χ0) is 13.2. The fourth-order valence-corrected chi connectivity index (χ4v) is 1.38. The van der Waals surface area contributed by atoms with Gasteiger partial charge in [-0.05, 0) is 19.1 Å². The first-order chi connectivity index (χ1) is 7.81. The molecule has 0 aliphatic rings. The molecule has 0 radical (unpaired) electrons. The summed E-state index contributed by atoms with van der Waals surface area (Å²) in [5, 5.41) is 0. The monoisotopic (exact) mass is 246 g/mol. The number of hydrogen-bond acceptors (Lipinski definition) is 3. The van der Waals surface area contributed by atoms with E-state index in [1.807, 2.05) is 0 Å². The Kier molecular flexibility index (Phi) is 3.55. The van der Waals surface area contributed by atoms with Crippen molar-refractivity contribution < 1.29 is 27.5 Å². The maximum absolute atomic E-state index is 12.6. The van der Waals surface area contributed by atoms with E-state index in [2.05, 4.69) is 0 Å². The summed E-state index contributed by atoms with van der Waals surface area (Å²) in [6.45, 7) is 1.18. The van der Waals surface area contributed by atoms with E-state index in [0.717, 1.165) is 13.2 Å². The summed E-state index contributed by atoms with van der Waals surface area (Å²) < 4.78 is 42.5. The summed E-state index contributed by atoms with van der Waals surface area (Å²) in [6, 6.07) is 1.54. The van der Waals surface area contributed by atoms with Gasteiger partial charge in [0.1, 0.15) is 5.75 Å². The van der Waals surface area contributed by atoms with Crippen LogP contribution in [0, 0.1) is 0 Å². The molecule has 1 rings (SSSR count). The Morgan fingerprint density at radius 2 is 1.94 bits per heavy atom. The second-order valence-electron chi connectivity index (χ2n) is 3.31. The minimum atomic E-state index is -4.67. The molecule has 92 valence electrons. The lowest BCUT2D eigenvalue weighted by molar-refractivity contribution is -0.137. The lowest BCUT2D eigenvalue weighted by Gasteiger charge is -2.13. The van der Waals surface area contributed by atoms with Crippen molar-refractivity contribution in [2.75, 3.05) is 7.11 Å². The van der Waals surface area contributed by atoms with Crippen LogP contribution in [0.4, 0.5) is 13.2 Å². The summed E-state index contributed by atoms with van der Waals surface area (Å²) in [7, 11) is 1.16. The minimum absolute atomic E-state index is 0.0531. The molecule has 0 N–H and O–H groups in total. The number of carbonyl (C=O) groups excluding carboxylic acids is 2. The van der Waals surface area contributed by atoms with Crippen LogP contribution in [0.15, 0.2) is 12.1 Å². The first kappa shape index (κ1) is 13.2. The number of ether oxygens (including phenoxy) is 1. The fourth-order valence-electron chi connectivity index (χ4n) is 1.38. The molecule has 0 aliphatic heterocycles. The molecule has 6 heteroatoms. The third kappa shape index (κ3) is 2.64. The number of halogens is 3. The molecule has 0 aliphatic carbocycles. The predicted octanol–water partition coefficient (Wildman–Crippen LogP) is 2.73. The number of hydrogen-bond donors (Lipinski definition) is 0. The van der Waals surface area contributed by atoms with E-state index in [9.17, 15) is 22.8 Å². The highest BCUT2D eigenvalue weighted by atomic mass is 19.4. The van der Waals surface area contributed by atoms with Gasteiger partial charge in [-0.25, -0.2) is 0 Å². The zero-order valence-corrected chi connectivity index (χ0v) is 9.09. The number of rotatable bonds is 3. The van der Waals surface area contributed by atoms with E-state index in [-0.39, 0.29) is 17.6 Å². The highest BCUT2D eigenvalue weighted by Gasteiger charge is 2.34. The molecule has 0 atom stereocenters. The Labute approximate surface area is 95.2 Å². The summed E-state index contributed by atoms with van der Waals surface area (Å²) >= 11 is 0. The molecule has 0 amide bonds. The van der Waals surface area contributed by atoms with Crippen LogP contribution < -0.4 is 4.74 Å². The Morgan fingerprint density at radius 1 is 1.35 bits per heavy atom. The van der Waals surface area contributed by atoms with Gasteiger partial charge >= 0.3 is 6.18 Å². The summed E-state index contributed by atoms with van der Waals surface area (Å²) in [5.41, 5.74) is -1.75. The Morgan fingerprint density at radius 3 is 2.29 bits per heavy atom. The molecule has 1 aromatic carbocycles. The molecule has 3 nitrogen and oxygen atoms in total. The van der Waals surface area contributed by atoms with E-state index in [1.165, 1.54) is 6.92 Å². The molecule has 0 spiro atoms.